The standard InChI is InChI=1S/C17H17BrCl2/c1-2-17(12-18,14-6-4-3-5-7-14)11-13-10-15(19)8-9-16(13)20/h3-10H,2,11-12H2,1H3. The first kappa shape index (κ1) is 15.9. The summed E-state index contributed by atoms with van der Waals surface area (Å²) in [6, 6.07) is 16.3. The Balaban J connectivity index is 2.42. The van der Waals surface area contributed by atoms with E-state index in [1.165, 1.54) is 5.56 Å². The Kier molecular flexibility index (Phi) is 5.54. The average Bonchev–Trinajstić information content (AvgIpc) is 2.49. The van der Waals surface area contributed by atoms with Gasteiger partial charge in [-0.25, -0.2) is 0 Å². The molecule has 0 fully saturated rings. The molecule has 0 heterocycles. The Labute approximate surface area is 139 Å². The predicted molar refractivity (Wildman–Crippen MR) is 92.4 cm³/mol. The Morgan fingerprint density at radius 1 is 1.05 bits per heavy atom. The number of benzene rings is 2. The summed E-state index contributed by atoms with van der Waals surface area (Å²) in [5.74, 6) is 0. The molecule has 2 rings (SSSR count). The Morgan fingerprint density at radius 2 is 1.75 bits per heavy atom. The van der Waals surface area contributed by atoms with E-state index in [-0.39, 0.29) is 5.41 Å². The molecule has 0 spiro atoms. The first-order valence-electron chi connectivity index (χ1n) is 6.67. The summed E-state index contributed by atoms with van der Waals surface area (Å²) in [7, 11) is 0. The molecule has 0 bridgehead atoms. The van der Waals surface area contributed by atoms with Crippen LogP contribution in [0, 0.1) is 0 Å². The minimum atomic E-state index is 0.0373. The van der Waals surface area contributed by atoms with Gasteiger partial charge in [0.25, 0.3) is 0 Å². The normalized spacial score (nSPS) is 14.0. The van der Waals surface area contributed by atoms with Crippen molar-refractivity contribution in [3.8, 4) is 0 Å². The molecule has 3 heteroatoms. The van der Waals surface area contributed by atoms with Crippen LogP contribution in [0.15, 0.2) is 48.5 Å². The lowest BCUT2D eigenvalue weighted by Gasteiger charge is -2.32. The fourth-order valence-electron chi connectivity index (χ4n) is 2.49. The van der Waals surface area contributed by atoms with Crippen LogP contribution in [0.4, 0.5) is 0 Å². The van der Waals surface area contributed by atoms with Gasteiger partial charge in [-0.2, -0.15) is 0 Å². The summed E-state index contributed by atoms with van der Waals surface area (Å²) < 4.78 is 0. The van der Waals surface area contributed by atoms with Crippen LogP contribution in [-0.2, 0) is 11.8 Å². The highest BCUT2D eigenvalue weighted by Crippen LogP contribution is 2.36. The highest BCUT2D eigenvalue weighted by atomic mass is 79.9. The molecule has 0 saturated carbocycles. The number of halogens is 3. The number of alkyl halides is 1. The van der Waals surface area contributed by atoms with E-state index in [0.29, 0.717) is 0 Å². The van der Waals surface area contributed by atoms with Crippen molar-refractivity contribution < 1.29 is 0 Å². The molecule has 106 valence electrons. The minimum absolute atomic E-state index is 0.0373. The van der Waals surface area contributed by atoms with Crippen LogP contribution in [0.25, 0.3) is 0 Å². The first-order chi connectivity index (χ1) is 9.61. The van der Waals surface area contributed by atoms with Crippen molar-refractivity contribution >= 4 is 39.1 Å². The first-order valence-corrected chi connectivity index (χ1v) is 8.54. The molecular weight excluding hydrogens is 355 g/mol. The van der Waals surface area contributed by atoms with Crippen molar-refractivity contribution in [2.45, 2.75) is 25.2 Å². The topological polar surface area (TPSA) is 0 Å². The van der Waals surface area contributed by atoms with Gasteiger partial charge in [0.1, 0.15) is 0 Å². The van der Waals surface area contributed by atoms with E-state index in [9.17, 15) is 0 Å². The maximum atomic E-state index is 6.33. The van der Waals surface area contributed by atoms with Crippen LogP contribution in [0.5, 0.6) is 0 Å². The van der Waals surface area contributed by atoms with Crippen molar-refractivity contribution in [3.05, 3.63) is 69.7 Å². The Bertz CT molecular complexity index is 562. The Hall–Kier alpha value is -0.500. The van der Waals surface area contributed by atoms with Crippen LogP contribution in [-0.4, -0.2) is 5.33 Å². The molecule has 1 unspecified atom stereocenters. The van der Waals surface area contributed by atoms with Gasteiger partial charge in [-0.05, 0) is 42.2 Å². The van der Waals surface area contributed by atoms with Gasteiger partial charge < -0.3 is 0 Å². The summed E-state index contributed by atoms with van der Waals surface area (Å²) in [6.07, 6.45) is 1.91. The average molecular weight is 372 g/mol. The molecular formula is C17H17BrCl2. The molecule has 0 N–H and O–H groups in total. The zero-order chi connectivity index (χ0) is 14.6. The molecule has 2 aromatic carbocycles. The summed E-state index contributed by atoms with van der Waals surface area (Å²) >= 11 is 16.1. The Morgan fingerprint density at radius 3 is 2.35 bits per heavy atom. The molecule has 0 aromatic heterocycles. The summed E-state index contributed by atoms with van der Waals surface area (Å²) in [5, 5.41) is 2.41. The van der Waals surface area contributed by atoms with Gasteiger partial charge in [0.2, 0.25) is 0 Å². The van der Waals surface area contributed by atoms with Gasteiger partial charge in [-0.15, -0.1) is 0 Å². The van der Waals surface area contributed by atoms with Gasteiger partial charge in [-0.3, -0.25) is 0 Å². The third-order valence-electron chi connectivity index (χ3n) is 3.86. The lowest BCUT2D eigenvalue weighted by Crippen LogP contribution is -2.30. The van der Waals surface area contributed by atoms with Crippen molar-refractivity contribution in [3.63, 3.8) is 0 Å². The number of hydrogen-bond acceptors (Lipinski definition) is 0. The molecule has 1 atom stereocenters. The molecule has 0 aliphatic carbocycles. The molecule has 0 aliphatic rings. The zero-order valence-electron chi connectivity index (χ0n) is 11.4. The molecule has 2 aromatic rings. The maximum Gasteiger partial charge on any atom is 0.0439 e. The molecule has 0 radical (unpaired) electrons. The zero-order valence-corrected chi connectivity index (χ0v) is 14.5. The second kappa shape index (κ2) is 6.98. The fourth-order valence-corrected chi connectivity index (χ4v) is 3.78. The van der Waals surface area contributed by atoms with Crippen LogP contribution < -0.4 is 0 Å². The van der Waals surface area contributed by atoms with Crippen LogP contribution in [0.3, 0.4) is 0 Å². The van der Waals surface area contributed by atoms with Crippen LogP contribution in [0.1, 0.15) is 24.5 Å². The minimum Gasteiger partial charge on any atom is -0.0918 e. The molecule has 0 amide bonds. The van der Waals surface area contributed by atoms with E-state index >= 15 is 0 Å². The summed E-state index contributed by atoms with van der Waals surface area (Å²) in [6.45, 7) is 2.21. The van der Waals surface area contributed by atoms with Gasteiger partial charge in [0.05, 0.1) is 0 Å². The molecule has 20 heavy (non-hydrogen) atoms. The smallest absolute Gasteiger partial charge is 0.0439 e. The third-order valence-corrected chi connectivity index (χ3v) is 5.53. The lowest BCUT2D eigenvalue weighted by molar-refractivity contribution is 0.464. The summed E-state index contributed by atoms with van der Waals surface area (Å²) in [5.41, 5.74) is 2.47. The van der Waals surface area contributed by atoms with Crippen molar-refractivity contribution in [2.75, 3.05) is 5.33 Å². The van der Waals surface area contributed by atoms with Crippen molar-refractivity contribution in [2.24, 2.45) is 0 Å². The van der Waals surface area contributed by atoms with E-state index in [0.717, 1.165) is 33.8 Å². The van der Waals surface area contributed by atoms with E-state index < -0.39 is 0 Å². The largest absolute Gasteiger partial charge is 0.0918 e. The maximum absolute atomic E-state index is 6.33. The molecule has 0 aliphatic heterocycles. The van der Waals surface area contributed by atoms with Crippen molar-refractivity contribution in [1.29, 1.82) is 0 Å². The lowest BCUT2D eigenvalue weighted by atomic mass is 9.75. The third kappa shape index (κ3) is 3.39. The van der Waals surface area contributed by atoms with Gasteiger partial charge >= 0.3 is 0 Å². The van der Waals surface area contributed by atoms with E-state index in [1.54, 1.807) is 0 Å². The van der Waals surface area contributed by atoms with Gasteiger partial charge in [0, 0.05) is 20.8 Å². The predicted octanol–water partition coefficient (Wildman–Crippen LogP) is 6.28. The van der Waals surface area contributed by atoms with Gasteiger partial charge in [-0.1, -0.05) is 76.4 Å². The number of rotatable bonds is 5. The number of hydrogen-bond donors (Lipinski definition) is 0. The van der Waals surface area contributed by atoms with Crippen molar-refractivity contribution in [1.82, 2.24) is 0 Å². The second-order valence-electron chi connectivity index (χ2n) is 5.05. The van der Waals surface area contributed by atoms with Gasteiger partial charge in [0.15, 0.2) is 0 Å². The van der Waals surface area contributed by atoms with Crippen LogP contribution in [0.2, 0.25) is 10.0 Å². The quantitative estimate of drug-likeness (QED) is 0.542. The second-order valence-corrected chi connectivity index (χ2v) is 6.45. The fraction of sp³-hybridized carbons (Fsp3) is 0.294. The highest BCUT2D eigenvalue weighted by molar-refractivity contribution is 9.09. The summed E-state index contributed by atoms with van der Waals surface area (Å²) in [4.78, 5) is 0. The highest BCUT2D eigenvalue weighted by Gasteiger charge is 2.30. The molecule has 0 saturated heterocycles. The monoisotopic (exact) mass is 370 g/mol. The van der Waals surface area contributed by atoms with Crippen LogP contribution >= 0.6 is 39.1 Å². The molecule has 0 nitrogen and oxygen atoms in total. The SMILES string of the molecule is CCC(CBr)(Cc1cc(Cl)ccc1Cl)c1ccccc1. The van der Waals surface area contributed by atoms with E-state index in [2.05, 4.69) is 47.1 Å². The van der Waals surface area contributed by atoms with E-state index in [4.69, 9.17) is 23.2 Å². The van der Waals surface area contributed by atoms with E-state index in [1.807, 2.05) is 24.3 Å².